The summed E-state index contributed by atoms with van der Waals surface area (Å²) in [5.41, 5.74) is 0.879. The van der Waals surface area contributed by atoms with Crippen molar-refractivity contribution in [2.24, 2.45) is 0 Å². The van der Waals surface area contributed by atoms with Crippen molar-refractivity contribution in [2.45, 2.75) is 25.9 Å². The first-order valence-corrected chi connectivity index (χ1v) is 6.73. The SMILES string of the molecule is CCOC(=O)C(NC(C)c1ccco1)c1ccccc1. The fourth-order valence-electron chi connectivity index (χ4n) is 2.04. The maximum Gasteiger partial charge on any atom is 0.327 e. The number of carbonyl (C=O) groups is 1. The van der Waals surface area contributed by atoms with Gasteiger partial charge in [-0.2, -0.15) is 0 Å². The molecule has 0 aliphatic heterocycles. The molecule has 2 unspecified atom stereocenters. The van der Waals surface area contributed by atoms with E-state index < -0.39 is 6.04 Å². The fraction of sp³-hybridized carbons (Fsp3) is 0.312. The molecule has 0 radical (unpaired) electrons. The molecule has 0 bridgehead atoms. The summed E-state index contributed by atoms with van der Waals surface area (Å²) in [5, 5.41) is 3.25. The molecule has 0 amide bonds. The van der Waals surface area contributed by atoms with Crippen molar-refractivity contribution in [1.29, 1.82) is 0 Å². The van der Waals surface area contributed by atoms with Crippen LogP contribution >= 0.6 is 0 Å². The van der Waals surface area contributed by atoms with Gasteiger partial charge in [-0.25, -0.2) is 4.79 Å². The minimum absolute atomic E-state index is 0.0837. The van der Waals surface area contributed by atoms with Gasteiger partial charge < -0.3 is 9.15 Å². The van der Waals surface area contributed by atoms with Gasteiger partial charge in [0.1, 0.15) is 11.8 Å². The number of nitrogens with one attached hydrogen (secondary N) is 1. The van der Waals surface area contributed by atoms with Crippen molar-refractivity contribution < 1.29 is 13.9 Å². The molecule has 2 aromatic rings. The second-order valence-electron chi connectivity index (χ2n) is 4.50. The smallest absolute Gasteiger partial charge is 0.327 e. The number of ether oxygens (including phenoxy) is 1. The second-order valence-corrected chi connectivity index (χ2v) is 4.50. The van der Waals surface area contributed by atoms with Crippen LogP contribution in [-0.2, 0) is 9.53 Å². The molecule has 0 aliphatic rings. The molecule has 4 heteroatoms. The van der Waals surface area contributed by atoms with Crippen LogP contribution in [0, 0.1) is 0 Å². The molecule has 1 heterocycles. The van der Waals surface area contributed by atoms with Crippen LogP contribution in [0.4, 0.5) is 0 Å². The van der Waals surface area contributed by atoms with Crippen LogP contribution in [0.3, 0.4) is 0 Å². The van der Waals surface area contributed by atoms with Crippen LogP contribution in [0.2, 0.25) is 0 Å². The van der Waals surface area contributed by atoms with Gasteiger partial charge >= 0.3 is 5.97 Å². The van der Waals surface area contributed by atoms with Crippen LogP contribution in [0.25, 0.3) is 0 Å². The third-order valence-corrected chi connectivity index (χ3v) is 3.04. The first kappa shape index (κ1) is 14.3. The van der Waals surface area contributed by atoms with Gasteiger partial charge in [0.25, 0.3) is 0 Å². The van der Waals surface area contributed by atoms with Crippen molar-refractivity contribution >= 4 is 5.97 Å². The van der Waals surface area contributed by atoms with E-state index in [0.717, 1.165) is 11.3 Å². The Morgan fingerprint density at radius 1 is 1.25 bits per heavy atom. The van der Waals surface area contributed by atoms with E-state index in [2.05, 4.69) is 5.32 Å². The number of hydrogen-bond donors (Lipinski definition) is 1. The standard InChI is InChI=1S/C16H19NO3/c1-3-19-16(18)15(13-8-5-4-6-9-13)17-12(2)14-10-7-11-20-14/h4-12,15,17H,3H2,1-2H3. The van der Waals surface area contributed by atoms with Crippen molar-refractivity contribution in [3.8, 4) is 0 Å². The quantitative estimate of drug-likeness (QED) is 0.821. The lowest BCUT2D eigenvalue weighted by Gasteiger charge is -2.21. The Kier molecular flexibility index (Phi) is 4.96. The molecule has 0 spiro atoms. The predicted octanol–water partition coefficient (Wildman–Crippen LogP) is 3.23. The lowest BCUT2D eigenvalue weighted by Crippen LogP contribution is -2.32. The first-order chi connectivity index (χ1) is 9.72. The van der Waals surface area contributed by atoms with Crippen LogP contribution in [0.5, 0.6) is 0 Å². The summed E-state index contributed by atoms with van der Waals surface area (Å²) in [6, 6.07) is 12.7. The van der Waals surface area contributed by atoms with E-state index in [1.807, 2.05) is 49.4 Å². The van der Waals surface area contributed by atoms with Gasteiger partial charge in [-0.1, -0.05) is 30.3 Å². The van der Waals surface area contributed by atoms with Crippen molar-refractivity contribution in [1.82, 2.24) is 5.32 Å². The highest BCUT2D eigenvalue weighted by atomic mass is 16.5. The van der Waals surface area contributed by atoms with E-state index in [4.69, 9.17) is 9.15 Å². The van der Waals surface area contributed by atoms with Gasteiger partial charge in [0, 0.05) is 0 Å². The van der Waals surface area contributed by atoms with Crippen molar-refractivity contribution in [3.63, 3.8) is 0 Å². The molecular weight excluding hydrogens is 254 g/mol. The third kappa shape index (κ3) is 3.48. The van der Waals surface area contributed by atoms with Crippen LogP contribution in [0.15, 0.2) is 53.1 Å². The minimum atomic E-state index is -0.503. The minimum Gasteiger partial charge on any atom is -0.468 e. The highest BCUT2D eigenvalue weighted by Gasteiger charge is 2.24. The van der Waals surface area contributed by atoms with Crippen LogP contribution < -0.4 is 5.32 Å². The van der Waals surface area contributed by atoms with Gasteiger partial charge in [-0.3, -0.25) is 5.32 Å². The average Bonchev–Trinajstić information content (AvgIpc) is 3.00. The fourth-order valence-corrected chi connectivity index (χ4v) is 2.04. The molecule has 4 nitrogen and oxygen atoms in total. The molecule has 2 rings (SSSR count). The monoisotopic (exact) mass is 273 g/mol. The van der Waals surface area contributed by atoms with Gasteiger partial charge in [0.15, 0.2) is 0 Å². The van der Waals surface area contributed by atoms with Crippen molar-refractivity contribution in [2.75, 3.05) is 6.61 Å². The summed E-state index contributed by atoms with van der Waals surface area (Å²) < 4.78 is 10.5. The number of esters is 1. The Hall–Kier alpha value is -2.07. The Balaban J connectivity index is 2.17. The molecule has 0 saturated carbocycles. The van der Waals surface area contributed by atoms with Gasteiger partial charge in [0.05, 0.1) is 18.9 Å². The van der Waals surface area contributed by atoms with E-state index >= 15 is 0 Å². The molecule has 1 aromatic carbocycles. The molecule has 1 N–H and O–H groups in total. The zero-order valence-corrected chi connectivity index (χ0v) is 11.7. The second kappa shape index (κ2) is 6.91. The van der Waals surface area contributed by atoms with E-state index in [-0.39, 0.29) is 12.0 Å². The topological polar surface area (TPSA) is 51.5 Å². The summed E-state index contributed by atoms with van der Waals surface area (Å²) in [6.45, 7) is 4.11. The molecule has 20 heavy (non-hydrogen) atoms. The van der Waals surface area contributed by atoms with E-state index in [9.17, 15) is 4.79 Å². The number of rotatable bonds is 6. The molecule has 0 aliphatic carbocycles. The summed E-state index contributed by atoms with van der Waals surface area (Å²) in [4.78, 5) is 12.1. The summed E-state index contributed by atoms with van der Waals surface area (Å²) in [5.74, 6) is 0.507. The molecular formula is C16H19NO3. The summed E-state index contributed by atoms with van der Waals surface area (Å²) >= 11 is 0. The largest absolute Gasteiger partial charge is 0.468 e. The summed E-state index contributed by atoms with van der Waals surface area (Å²) in [7, 11) is 0. The average molecular weight is 273 g/mol. The Morgan fingerprint density at radius 2 is 2.00 bits per heavy atom. The highest BCUT2D eigenvalue weighted by Crippen LogP contribution is 2.21. The zero-order chi connectivity index (χ0) is 14.4. The number of hydrogen-bond acceptors (Lipinski definition) is 4. The van der Waals surface area contributed by atoms with Gasteiger partial charge in [-0.15, -0.1) is 0 Å². The molecule has 1 aromatic heterocycles. The third-order valence-electron chi connectivity index (χ3n) is 3.04. The Labute approximate surface area is 118 Å². The lowest BCUT2D eigenvalue weighted by atomic mass is 10.1. The predicted molar refractivity (Wildman–Crippen MR) is 76.1 cm³/mol. The molecule has 2 atom stereocenters. The zero-order valence-electron chi connectivity index (χ0n) is 11.7. The first-order valence-electron chi connectivity index (χ1n) is 6.73. The Bertz CT molecular complexity index is 522. The molecule has 106 valence electrons. The normalized spacial score (nSPS) is 13.7. The number of carbonyl (C=O) groups excluding carboxylic acids is 1. The maximum atomic E-state index is 12.1. The Morgan fingerprint density at radius 3 is 2.60 bits per heavy atom. The van der Waals surface area contributed by atoms with E-state index in [0.29, 0.717) is 6.61 Å². The number of furan rings is 1. The van der Waals surface area contributed by atoms with Crippen molar-refractivity contribution in [3.05, 3.63) is 60.1 Å². The molecule has 0 fully saturated rings. The maximum absolute atomic E-state index is 12.1. The highest BCUT2D eigenvalue weighted by molar-refractivity contribution is 5.77. The van der Waals surface area contributed by atoms with Gasteiger partial charge in [0.2, 0.25) is 0 Å². The van der Waals surface area contributed by atoms with Crippen LogP contribution in [-0.4, -0.2) is 12.6 Å². The van der Waals surface area contributed by atoms with Crippen LogP contribution in [0.1, 0.15) is 37.3 Å². The summed E-state index contributed by atoms with van der Waals surface area (Å²) in [6.07, 6.45) is 1.62. The molecule has 0 saturated heterocycles. The lowest BCUT2D eigenvalue weighted by molar-refractivity contribution is -0.146. The van der Waals surface area contributed by atoms with E-state index in [1.54, 1.807) is 13.2 Å². The number of benzene rings is 1. The van der Waals surface area contributed by atoms with E-state index in [1.165, 1.54) is 0 Å². The van der Waals surface area contributed by atoms with Gasteiger partial charge in [-0.05, 0) is 31.5 Å².